The van der Waals surface area contributed by atoms with Gasteiger partial charge >= 0.3 is 12.1 Å². The van der Waals surface area contributed by atoms with Crippen molar-refractivity contribution in [1.82, 2.24) is 25.3 Å². The molecule has 2 aliphatic heterocycles. The van der Waals surface area contributed by atoms with Crippen molar-refractivity contribution in [3.05, 3.63) is 35.1 Å². The van der Waals surface area contributed by atoms with Crippen LogP contribution in [0.25, 0.3) is 0 Å². The molecular weight excluding hydrogens is 704 g/mol. The van der Waals surface area contributed by atoms with Crippen LogP contribution in [0.15, 0.2) is 29.0 Å². The lowest BCUT2D eigenvalue weighted by molar-refractivity contribution is -0.163. The van der Waals surface area contributed by atoms with Gasteiger partial charge in [0.2, 0.25) is 17.7 Å². The Balaban J connectivity index is 1.37. The maximum Gasteiger partial charge on any atom is 0.414 e. The average molecular weight is 757 g/mol. The number of carbonyl (C=O) groups excluding carboxylic acids is 5. The van der Waals surface area contributed by atoms with Gasteiger partial charge in [0, 0.05) is 45.6 Å². The molecule has 18 nitrogen and oxygen atoms in total. The van der Waals surface area contributed by atoms with Gasteiger partial charge in [0.1, 0.15) is 24.4 Å². The smallest absolute Gasteiger partial charge is 0.414 e. The second-order valence-electron chi connectivity index (χ2n) is 14.3. The van der Waals surface area contributed by atoms with Crippen LogP contribution in [0.1, 0.15) is 50.7 Å². The Morgan fingerprint density at radius 1 is 1.15 bits per heavy atom. The fourth-order valence-electron chi connectivity index (χ4n) is 8.33. The zero-order valence-electron chi connectivity index (χ0n) is 31.7. The number of amides is 4. The second kappa shape index (κ2) is 16.1. The summed E-state index contributed by atoms with van der Waals surface area (Å²) in [6, 6.07) is 1.20. The molecule has 0 saturated carbocycles. The molecule has 1 spiro atoms. The molecule has 1 aromatic carbocycles. The third-order valence-electron chi connectivity index (χ3n) is 10.8. The average Bonchev–Trinajstić information content (AvgIpc) is 3.47. The van der Waals surface area contributed by atoms with Gasteiger partial charge in [-0.05, 0) is 63.9 Å². The maximum atomic E-state index is 13.9. The number of aliphatic imine (C=N–C) groups is 1. The van der Waals surface area contributed by atoms with Crippen molar-refractivity contribution >= 4 is 35.7 Å². The second-order valence-corrected chi connectivity index (χ2v) is 14.3. The summed E-state index contributed by atoms with van der Waals surface area (Å²) < 4.78 is 23.3. The van der Waals surface area contributed by atoms with E-state index in [-0.39, 0.29) is 50.3 Å². The lowest BCUT2D eigenvalue weighted by Gasteiger charge is -2.61. The normalized spacial score (nSPS) is 24.3. The molecule has 6 unspecified atom stereocenters. The number of piperidine rings is 1. The fraction of sp³-hybridized carbons (Fsp3) is 0.611. The molecule has 1 aromatic rings. The molecule has 4 aliphatic rings. The van der Waals surface area contributed by atoms with Crippen molar-refractivity contribution in [1.29, 1.82) is 0 Å². The quantitative estimate of drug-likeness (QED) is 0.0632. The molecule has 7 N–H and O–H groups in total. The number of nitrogens with two attached hydrogens (primary N) is 2. The van der Waals surface area contributed by atoms with Crippen LogP contribution in [0.2, 0.25) is 0 Å². The maximum absolute atomic E-state index is 13.9. The molecule has 2 heterocycles. The number of nitrogens with zero attached hydrogens (tertiary/aromatic N) is 4. The minimum atomic E-state index is -1.38. The van der Waals surface area contributed by atoms with Gasteiger partial charge in [0.15, 0.2) is 23.6 Å². The van der Waals surface area contributed by atoms with Crippen LogP contribution in [-0.2, 0) is 40.5 Å². The number of nitrogens with one attached hydrogen (secondary N) is 2. The molecule has 296 valence electrons. The van der Waals surface area contributed by atoms with Gasteiger partial charge in [-0.1, -0.05) is 6.07 Å². The number of benzene rings is 1. The first-order chi connectivity index (χ1) is 25.6. The molecule has 4 amide bonds. The fourth-order valence-corrected chi connectivity index (χ4v) is 8.33. The minimum Gasteiger partial charge on any atom is -0.493 e. The van der Waals surface area contributed by atoms with Gasteiger partial charge in [-0.25, -0.2) is 4.79 Å². The summed E-state index contributed by atoms with van der Waals surface area (Å²) in [5.74, 6) is -1.44. The molecule has 0 aromatic heterocycles. The summed E-state index contributed by atoms with van der Waals surface area (Å²) >= 11 is 0. The van der Waals surface area contributed by atoms with Crippen molar-refractivity contribution in [3.63, 3.8) is 0 Å². The Kier molecular flexibility index (Phi) is 12.0. The van der Waals surface area contributed by atoms with Crippen LogP contribution in [-0.4, -0.2) is 146 Å². The topological polar surface area (TPSA) is 241 Å². The zero-order chi connectivity index (χ0) is 39.5. The van der Waals surface area contributed by atoms with E-state index in [1.165, 1.54) is 21.0 Å². The Bertz CT molecular complexity index is 1720. The van der Waals surface area contributed by atoms with Crippen molar-refractivity contribution in [2.24, 2.45) is 16.5 Å². The predicted molar refractivity (Wildman–Crippen MR) is 194 cm³/mol. The first kappa shape index (κ1) is 40.1. The van der Waals surface area contributed by atoms with E-state index >= 15 is 0 Å². The number of aliphatic hydroxyl groups is 1. The summed E-state index contributed by atoms with van der Waals surface area (Å²) in [5.41, 5.74) is 10.6. The highest BCUT2D eigenvalue weighted by atomic mass is 16.6. The van der Waals surface area contributed by atoms with E-state index in [2.05, 4.69) is 20.5 Å². The van der Waals surface area contributed by atoms with E-state index in [9.17, 15) is 29.1 Å². The highest BCUT2D eigenvalue weighted by molar-refractivity contribution is 5.93. The Morgan fingerprint density at radius 3 is 2.56 bits per heavy atom. The summed E-state index contributed by atoms with van der Waals surface area (Å²) in [5, 5.41) is 17.7. The van der Waals surface area contributed by atoms with Gasteiger partial charge in [0.05, 0.1) is 31.3 Å². The van der Waals surface area contributed by atoms with Gasteiger partial charge in [-0.15, -0.1) is 0 Å². The predicted octanol–water partition coefficient (Wildman–Crippen LogP) is -0.894. The molecule has 2 aliphatic carbocycles. The standard InChI is InChI=1S/C36H52N8O10/c1-7-52-27(46)19-43(4)32(48)23(41-31(47)22(40-20(2)45)9-8-15-39-33(37)38)18-44(5)34(49)53-25-12-13-36(50)26-17-21-10-11-24(51-6)29-28(21)35(36,30(25)54-29)14-16-42(26)3/h10-12,22-23,26,30,50H,7-9,13-19H2,1-6H3,(H,40,45)(H,41,47)(H4,37,38,39). The molecule has 6 atom stereocenters. The van der Waals surface area contributed by atoms with Crippen molar-refractivity contribution < 1.29 is 48.0 Å². The Morgan fingerprint density at radius 2 is 1.89 bits per heavy atom. The SMILES string of the molecule is CCOC(=O)CN(C)C(=O)C(CN(C)C(=O)OC1=CCC2(O)C3Cc4ccc(OC)c5c4C2(CCN3C)C1O5)NC(=O)C(CCCN=C(N)N)NC(C)=O. The molecule has 5 rings (SSSR count). The summed E-state index contributed by atoms with van der Waals surface area (Å²) in [6.45, 7) is 3.06. The van der Waals surface area contributed by atoms with Crippen LogP contribution in [0.3, 0.4) is 0 Å². The van der Waals surface area contributed by atoms with Gasteiger partial charge in [-0.3, -0.25) is 24.2 Å². The summed E-state index contributed by atoms with van der Waals surface area (Å²) in [6.07, 6.45) is 1.80. The number of carbonyl (C=O) groups is 5. The molecular formula is C36H52N8O10. The molecule has 18 heteroatoms. The molecule has 1 saturated heterocycles. The van der Waals surface area contributed by atoms with Crippen molar-refractivity contribution in [3.8, 4) is 11.5 Å². The number of esters is 1. The number of likely N-dealkylation sites (tertiary alicyclic amines) is 1. The van der Waals surface area contributed by atoms with Gasteiger partial charge in [-0.2, -0.15) is 0 Å². The van der Waals surface area contributed by atoms with E-state index in [4.69, 9.17) is 30.4 Å². The third-order valence-corrected chi connectivity index (χ3v) is 10.8. The highest BCUT2D eigenvalue weighted by Gasteiger charge is 2.72. The number of hydrogen-bond donors (Lipinski definition) is 5. The lowest BCUT2D eigenvalue weighted by Crippen LogP contribution is -2.74. The minimum absolute atomic E-state index is 0.101. The molecule has 2 bridgehead atoms. The number of rotatable bonds is 15. The zero-order valence-corrected chi connectivity index (χ0v) is 31.7. The Hall–Kier alpha value is -5.10. The Labute approximate surface area is 314 Å². The molecule has 1 fully saturated rings. The number of guanidine groups is 1. The number of methoxy groups -OCH3 is 1. The van der Waals surface area contributed by atoms with Crippen LogP contribution >= 0.6 is 0 Å². The van der Waals surface area contributed by atoms with E-state index < -0.39 is 65.5 Å². The van der Waals surface area contributed by atoms with Gasteiger partial charge < -0.3 is 60.9 Å². The number of ether oxygens (including phenoxy) is 4. The van der Waals surface area contributed by atoms with Crippen LogP contribution in [0, 0.1) is 0 Å². The molecule has 0 radical (unpaired) electrons. The van der Waals surface area contributed by atoms with Crippen LogP contribution in [0.5, 0.6) is 11.5 Å². The van der Waals surface area contributed by atoms with E-state index in [1.807, 2.05) is 19.2 Å². The first-order valence-corrected chi connectivity index (χ1v) is 18.0. The van der Waals surface area contributed by atoms with E-state index in [0.29, 0.717) is 37.3 Å². The van der Waals surface area contributed by atoms with Gasteiger partial charge in [0.25, 0.3) is 0 Å². The lowest BCUT2D eigenvalue weighted by atomic mass is 9.50. The highest BCUT2D eigenvalue weighted by Crippen LogP contribution is 2.65. The van der Waals surface area contributed by atoms with Crippen LogP contribution < -0.4 is 31.6 Å². The largest absolute Gasteiger partial charge is 0.493 e. The monoisotopic (exact) mass is 756 g/mol. The van der Waals surface area contributed by atoms with Crippen LogP contribution in [0.4, 0.5) is 4.79 Å². The first-order valence-electron chi connectivity index (χ1n) is 18.0. The van der Waals surface area contributed by atoms with Crippen molar-refractivity contribution in [2.75, 3.05) is 61.0 Å². The van der Waals surface area contributed by atoms with E-state index in [0.717, 1.165) is 20.9 Å². The van der Waals surface area contributed by atoms with E-state index in [1.54, 1.807) is 20.1 Å². The number of hydrogen-bond acceptors (Lipinski definition) is 12. The summed E-state index contributed by atoms with van der Waals surface area (Å²) in [4.78, 5) is 73.7. The van der Waals surface area contributed by atoms with Crippen molar-refractivity contribution in [2.45, 2.75) is 81.2 Å². The number of likely N-dealkylation sites (N-methyl/N-ethyl adjacent to an activating group) is 3. The third kappa shape index (κ3) is 7.48. The summed E-state index contributed by atoms with van der Waals surface area (Å²) in [7, 11) is 6.30. The molecule has 54 heavy (non-hydrogen) atoms.